The van der Waals surface area contributed by atoms with Gasteiger partial charge in [-0.1, -0.05) is 32.9 Å². The number of alkyl halides is 2. The lowest BCUT2D eigenvalue weighted by molar-refractivity contribution is 0.146. The Morgan fingerprint density at radius 1 is 1.14 bits per heavy atom. The Morgan fingerprint density at radius 3 is 2.07 bits per heavy atom. The summed E-state index contributed by atoms with van der Waals surface area (Å²) < 4.78 is 37.6. The van der Waals surface area contributed by atoms with E-state index in [2.05, 4.69) is 0 Å². The summed E-state index contributed by atoms with van der Waals surface area (Å²) in [5.41, 5.74) is -0.0287. The Morgan fingerprint density at radius 2 is 1.71 bits per heavy atom. The molecule has 1 aromatic rings. The van der Waals surface area contributed by atoms with E-state index in [9.17, 15) is 13.2 Å². The van der Waals surface area contributed by atoms with Crippen molar-refractivity contribution >= 4 is 0 Å². The van der Waals surface area contributed by atoms with E-state index in [1.165, 1.54) is 6.07 Å². The van der Waals surface area contributed by atoms with E-state index in [4.69, 9.17) is 0 Å². The van der Waals surface area contributed by atoms with Crippen LogP contribution in [0.2, 0.25) is 0 Å². The standard InChI is InChI=1S/C11H13F3/c1-11(2,3)7-4-5-8(10(13)14)9(12)6-7/h4-6,10H,1-3H3. The van der Waals surface area contributed by atoms with E-state index in [0.717, 1.165) is 11.6 Å². The van der Waals surface area contributed by atoms with E-state index in [1.54, 1.807) is 6.07 Å². The van der Waals surface area contributed by atoms with Gasteiger partial charge >= 0.3 is 0 Å². The zero-order chi connectivity index (χ0) is 10.9. The van der Waals surface area contributed by atoms with Crippen molar-refractivity contribution in [1.29, 1.82) is 0 Å². The number of halogens is 3. The van der Waals surface area contributed by atoms with Gasteiger partial charge in [-0.3, -0.25) is 0 Å². The maximum Gasteiger partial charge on any atom is 0.266 e. The summed E-state index contributed by atoms with van der Waals surface area (Å²) in [6, 6.07) is 3.88. The molecule has 0 aliphatic heterocycles. The van der Waals surface area contributed by atoms with Gasteiger partial charge in [0, 0.05) is 0 Å². The van der Waals surface area contributed by atoms with Crippen molar-refractivity contribution in [2.24, 2.45) is 0 Å². The average molecular weight is 202 g/mol. The molecule has 0 unspecified atom stereocenters. The normalized spacial score (nSPS) is 12.2. The van der Waals surface area contributed by atoms with E-state index in [-0.39, 0.29) is 5.41 Å². The van der Waals surface area contributed by atoms with Crippen LogP contribution in [0.15, 0.2) is 18.2 Å². The lowest BCUT2D eigenvalue weighted by atomic mass is 9.86. The molecule has 0 spiro atoms. The van der Waals surface area contributed by atoms with Gasteiger partial charge in [-0.05, 0) is 17.0 Å². The highest BCUT2D eigenvalue weighted by Gasteiger charge is 2.18. The van der Waals surface area contributed by atoms with Crippen molar-refractivity contribution in [1.82, 2.24) is 0 Å². The second-order valence-corrected chi connectivity index (χ2v) is 4.29. The van der Waals surface area contributed by atoms with Gasteiger partial charge < -0.3 is 0 Å². The third-order valence-corrected chi connectivity index (χ3v) is 2.10. The fourth-order valence-corrected chi connectivity index (χ4v) is 1.17. The first-order chi connectivity index (χ1) is 6.32. The molecule has 0 atom stereocenters. The van der Waals surface area contributed by atoms with Crippen LogP contribution < -0.4 is 0 Å². The van der Waals surface area contributed by atoms with Crippen molar-refractivity contribution in [3.05, 3.63) is 35.1 Å². The molecular formula is C11H13F3. The molecule has 0 saturated heterocycles. The molecule has 1 aromatic carbocycles. The summed E-state index contributed by atoms with van der Waals surface area (Å²) in [6.07, 6.45) is -2.75. The van der Waals surface area contributed by atoms with Crippen molar-refractivity contribution in [3.63, 3.8) is 0 Å². The van der Waals surface area contributed by atoms with Crippen LogP contribution in [0.4, 0.5) is 13.2 Å². The van der Waals surface area contributed by atoms with E-state index >= 15 is 0 Å². The first kappa shape index (κ1) is 11.1. The molecule has 0 aliphatic rings. The summed E-state index contributed by atoms with van der Waals surface area (Å²) in [5.74, 6) is -0.826. The van der Waals surface area contributed by atoms with Gasteiger partial charge in [0.05, 0.1) is 5.56 Å². The van der Waals surface area contributed by atoms with E-state index in [0.29, 0.717) is 0 Å². The molecule has 0 aliphatic carbocycles. The van der Waals surface area contributed by atoms with Gasteiger partial charge in [0.15, 0.2) is 0 Å². The SMILES string of the molecule is CC(C)(C)c1ccc(C(F)F)c(F)c1. The van der Waals surface area contributed by atoms with Crippen molar-refractivity contribution in [3.8, 4) is 0 Å². The second kappa shape index (κ2) is 3.64. The van der Waals surface area contributed by atoms with Crippen molar-refractivity contribution in [2.75, 3.05) is 0 Å². The molecule has 78 valence electrons. The second-order valence-electron chi connectivity index (χ2n) is 4.29. The highest BCUT2D eigenvalue weighted by Crippen LogP contribution is 2.27. The van der Waals surface area contributed by atoms with Crippen LogP contribution in [-0.2, 0) is 5.41 Å². The molecule has 0 N–H and O–H groups in total. The summed E-state index contributed by atoms with van der Waals surface area (Å²) >= 11 is 0. The van der Waals surface area contributed by atoms with Crippen LogP contribution in [0.3, 0.4) is 0 Å². The number of hydrogen-bond donors (Lipinski definition) is 0. The lowest BCUT2D eigenvalue weighted by Crippen LogP contribution is -2.11. The van der Waals surface area contributed by atoms with Gasteiger partial charge in [0.1, 0.15) is 5.82 Å². The predicted molar refractivity (Wildman–Crippen MR) is 50.1 cm³/mol. The maximum atomic E-state index is 13.2. The molecular weight excluding hydrogens is 189 g/mol. The fraction of sp³-hybridized carbons (Fsp3) is 0.455. The summed E-state index contributed by atoms with van der Waals surface area (Å²) in [5, 5.41) is 0. The van der Waals surface area contributed by atoms with Crippen LogP contribution in [0.1, 0.15) is 38.3 Å². The van der Waals surface area contributed by atoms with Crippen molar-refractivity contribution < 1.29 is 13.2 Å². The van der Waals surface area contributed by atoms with E-state index < -0.39 is 17.8 Å². The largest absolute Gasteiger partial charge is 0.266 e. The molecule has 1 rings (SSSR count). The Kier molecular flexibility index (Phi) is 2.88. The van der Waals surface area contributed by atoms with Gasteiger partial charge in [0.25, 0.3) is 6.43 Å². The molecule has 0 bridgehead atoms. The summed E-state index contributed by atoms with van der Waals surface area (Å²) in [7, 11) is 0. The Hall–Kier alpha value is -0.990. The lowest BCUT2D eigenvalue weighted by Gasteiger charge is -2.19. The first-order valence-electron chi connectivity index (χ1n) is 4.40. The van der Waals surface area contributed by atoms with Gasteiger partial charge in [0.2, 0.25) is 0 Å². The Labute approximate surface area is 81.8 Å². The maximum absolute atomic E-state index is 13.2. The quantitative estimate of drug-likeness (QED) is 0.644. The van der Waals surface area contributed by atoms with Crippen molar-refractivity contribution in [2.45, 2.75) is 32.6 Å². The average Bonchev–Trinajstić information content (AvgIpc) is 2.01. The van der Waals surface area contributed by atoms with Crippen LogP contribution in [0, 0.1) is 5.82 Å². The minimum atomic E-state index is -2.75. The molecule has 3 heteroatoms. The smallest absolute Gasteiger partial charge is 0.206 e. The molecule has 0 saturated carbocycles. The minimum absolute atomic E-state index is 0.221. The zero-order valence-electron chi connectivity index (χ0n) is 8.44. The molecule has 0 nitrogen and oxygen atoms in total. The van der Waals surface area contributed by atoms with Gasteiger partial charge in [-0.2, -0.15) is 0 Å². The first-order valence-corrected chi connectivity index (χ1v) is 4.40. The Balaban J connectivity index is 3.13. The summed E-state index contributed by atoms with van der Waals surface area (Å²) in [4.78, 5) is 0. The topological polar surface area (TPSA) is 0 Å². The predicted octanol–water partition coefficient (Wildman–Crippen LogP) is 4.06. The molecule has 0 aromatic heterocycles. The highest BCUT2D eigenvalue weighted by molar-refractivity contribution is 5.29. The summed E-state index contributed by atoms with van der Waals surface area (Å²) in [6.45, 7) is 5.72. The number of hydrogen-bond acceptors (Lipinski definition) is 0. The molecule has 0 amide bonds. The Bertz CT molecular complexity index is 324. The fourth-order valence-electron chi connectivity index (χ4n) is 1.17. The van der Waals surface area contributed by atoms with E-state index in [1.807, 2.05) is 20.8 Å². The van der Waals surface area contributed by atoms with Gasteiger partial charge in [-0.15, -0.1) is 0 Å². The zero-order valence-corrected chi connectivity index (χ0v) is 8.44. The highest BCUT2D eigenvalue weighted by atomic mass is 19.3. The van der Waals surface area contributed by atoms with Crippen LogP contribution in [0.5, 0.6) is 0 Å². The minimum Gasteiger partial charge on any atom is -0.206 e. The molecule has 14 heavy (non-hydrogen) atoms. The van der Waals surface area contributed by atoms with Crippen LogP contribution in [0.25, 0.3) is 0 Å². The monoisotopic (exact) mass is 202 g/mol. The van der Waals surface area contributed by atoms with Crippen LogP contribution in [-0.4, -0.2) is 0 Å². The number of benzene rings is 1. The number of rotatable bonds is 1. The molecule has 0 radical (unpaired) electrons. The van der Waals surface area contributed by atoms with Gasteiger partial charge in [-0.25, -0.2) is 13.2 Å². The molecule has 0 fully saturated rings. The van der Waals surface area contributed by atoms with Crippen LogP contribution >= 0.6 is 0 Å². The third kappa shape index (κ3) is 2.28. The molecule has 0 heterocycles. The third-order valence-electron chi connectivity index (χ3n) is 2.10.